The van der Waals surface area contributed by atoms with Crippen LogP contribution in [0.5, 0.6) is 5.75 Å². The van der Waals surface area contributed by atoms with Crippen LogP contribution in [0.3, 0.4) is 0 Å². The summed E-state index contributed by atoms with van der Waals surface area (Å²) in [5.41, 5.74) is 0.0938. The Morgan fingerprint density at radius 3 is 2.90 bits per heavy atom. The molecule has 20 heavy (non-hydrogen) atoms. The van der Waals surface area contributed by atoms with Crippen molar-refractivity contribution in [3.05, 3.63) is 29.8 Å². The van der Waals surface area contributed by atoms with Crippen molar-refractivity contribution in [2.75, 3.05) is 13.7 Å². The topological polar surface area (TPSA) is 49.8 Å². The second kappa shape index (κ2) is 5.83. The summed E-state index contributed by atoms with van der Waals surface area (Å²) in [6, 6.07) is 7.48. The van der Waals surface area contributed by atoms with Crippen LogP contribution < -0.4 is 4.74 Å². The Morgan fingerprint density at radius 2 is 2.25 bits per heavy atom. The minimum atomic E-state index is -0.847. The Kier molecular flexibility index (Phi) is 4.33. The van der Waals surface area contributed by atoms with E-state index >= 15 is 0 Å². The van der Waals surface area contributed by atoms with Crippen molar-refractivity contribution in [2.24, 2.45) is 0 Å². The van der Waals surface area contributed by atoms with Crippen LogP contribution in [0.4, 0.5) is 0 Å². The highest BCUT2D eigenvalue weighted by atomic mass is 16.5. The molecule has 1 aliphatic heterocycles. The Hall–Kier alpha value is -1.55. The first-order chi connectivity index (χ1) is 9.41. The lowest BCUT2D eigenvalue weighted by molar-refractivity contribution is -0.135. The normalized spacial score (nSPS) is 19.2. The fourth-order valence-electron chi connectivity index (χ4n) is 2.86. The summed E-state index contributed by atoms with van der Waals surface area (Å²) in [7, 11) is 1.62. The molecule has 1 aliphatic rings. The molecule has 0 saturated carbocycles. The van der Waals surface area contributed by atoms with Crippen molar-refractivity contribution >= 4 is 5.91 Å². The van der Waals surface area contributed by atoms with Crippen LogP contribution in [0.1, 0.15) is 32.3 Å². The van der Waals surface area contributed by atoms with Gasteiger partial charge >= 0.3 is 0 Å². The zero-order valence-corrected chi connectivity index (χ0v) is 12.4. The number of benzene rings is 1. The van der Waals surface area contributed by atoms with Gasteiger partial charge in [0.15, 0.2) is 0 Å². The van der Waals surface area contributed by atoms with Gasteiger partial charge in [-0.3, -0.25) is 4.79 Å². The number of rotatable bonds is 4. The van der Waals surface area contributed by atoms with Crippen LogP contribution in [0, 0.1) is 0 Å². The maximum absolute atomic E-state index is 12.4. The van der Waals surface area contributed by atoms with E-state index in [1.165, 1.54) is 0 Å². The van der Waals surface area contributed by atoms with Crippen molar-refractivity contribution in [3.8, 4) is 5.75 Å². The number of ether oxygens (including phenoxy) is 1. The fraction of sp³-hybridized carbons (Fsp3) is 0.562. The number of carbonyl (C=O) groups excluding carboxylic acids is 1. The summed E-state index contributed by atoms with van der Waals surface area (Å²) in [5.74, 6) is 0.832. The predicted octanol–water partition coefficient (Wildman–Crippen LogP) is 2.00. The number of methoxy groups -OCH3 is 1. The number of amides is 1. The average molecular weight is 277 g/mol. The number of hydrogen-bond donors (Lipinski definition) is 1. The van der Waals surface area contributed by atoms with E-state index in [2.05, 4.69) is 0 Å². The Labute approximate surface area is 120 Å². The van der Waals surface area contributed by atoms with E-state index in [4.69, 9.17) is 4.74 Å². The van der Waals surface area contributed by atoms with E-state index in [1.54, 1.807) is 21.0 Å². The highest BCUT2D eigenvalue weighted by Gasteiger charge is 2.38. The standard InChI is InChI=1S/C16H23NO3/c1-16(2,19)14-8-5-9-17(14)15(18)11-12-6-4-7-13(10-12)20-3/h4,6-7,10,14,19H,5,8-9,11H2,1-3H3. The summed E-state index contributed by atoms with van der Waals surface area (Å²) in [6.07, 6.45) is 2.18. The van der Waals surface area contributed by atoms with Crippen molar-refractivity contribution in [3.63, 3.8) is 0 Å². The largest absolute Gasteiger partial charge is 0.497 e. The van der Waals surface area contributed by atoms with E-state index in [1.807, 2.05) is 29.2 Å². The Bertz CT molecular complexity index is 479. The molecule has 2 rings (SSSR count). The first-order valence-electron chi connectivity index (χ1n) is 7.06. The summed E-state index contributed by atoms with van der Waals surface area (Å²) in [5, 5.41) is 10.2. The first-order valence-corrected chi connectivity index (χ1v) is 7.06. The lowest BCUT2D eigenvalue weighted by Crippen LogP contribution is -2.48. The first kappa shape index (κ1) is 14.9. The molecule has 1 heterocycles. The predicted molar refractivity (Wildman–Crippen MR) is 77.7 cm³/mol. The van der Waals surface area contributed by atoms with Gasteiger partial charge in [-0.2, -0.15) is 0 Å². The number of carbonyl (C=O) groups is 1. The lowest BCUT2D eigenvalue weighted by Gasteiger charge is -2.34. The smallest absolute Gasteiger partial charge is 0.227 e. The monoisotopic (exact) mass is 277 g/mol. The second-order valence-corrected chi connectivity index (χ2v) is 5.93. The molecule has 0 radical (unpaired) electrons. The van der Waals surface area contributed by atoms with E-state index in [0.717, 1.165) is 30.7 Å². The average Bonchev–Trinajstić information content (AvgIpc) is 2.88. The Balaban J connectivity index is 2.07. The van der Waals surface area contributed by atoms with Crippen LogP contribution in [0.25, 0.3) is 0 Å². The van der Waals surface area contributed by atoms with Crippen molar-refractivity contribution in [1.29, 1.82) is 0 Å². The second-order valence-electron chi connectivity index (χ2n) is 5.93. The molecule has 0 aromatic heterocycles. The molecule has 0 bridgehead atoms. The van der Waals surface area contributed by atoms with Crippen LogP contribution in [0.15, 0.2) is 24.3 Å². The molecule has 4 heteroatoms. The summed E-state index contributed by atoms with van der Waals surface area (Å²) >= 11 is 0. The van der Waals surface area contributed by atoms with Gasteiger partial charge in [-0.05, 0) is 44.4 Å². The van der Waals surface area contributed by atoms with Gasteiger partial charge in [0.05, 0.1) is 25.2 Å². The van der Waals surface area contributed by atoms with Gasteiger partial charge < -0.3 is 14.7 Å². The quantitative estimate of drug-likeness (QED) is 0.915. The van der Waals surface area contributed by atoms with Crippen LogP contribution >= 0.6 is 0 Å². The molecule has 110 valence electrons. The van der Waals surface area contributed by atoms with Gasteiger partial charge in [-0.25, -0.2) is 0 Å². The molecule has 1 unspecified atom stereocenters. The highest BCUT2D eigenvalue weighted by molar-refractivity contribution is 5.79. The molecule has 1 amide bonds. The molecule has 1 N–H and O–H groups in total. The zero-order chi connectivity index (χ0) is 14.8. The molecule has 4 nitrogen and oxygen atoms in total. The zero-order valence-electron chi connectivity index (χ0n) is 12.4. The van der Waals surface area contributed by atoms with Crippen molar-refractivity contribution in [1.82, 2.24) is 4.90 Å². The molecule has 0 aliphatic carbocycles. The molecular formula is C16H23NO3. The summed E-state index contributed by atoms with van der Waals surface area (Å²) < 4.78 is 5.17. The maximum Gasteiger partial charge on any atom is 0.227 e. The third-order valence-corrected chi connectivity index (χ3v) is 3.88. The third-order valence-electron chi connectivity index (χ3n) is 3.88. The molecule has 1 fully saturated rings. The van der Waals surface area contributed by atoms with Crippen molar-refractivity contribution < 1.29 is 14.6 Å². The molecular weight excluding hydrogens is 254 g/mol. The van der Waals surface area contributed by atoms with E-state index in [9.17, 15) is 9.90 Å². The van der Waals surface area contributed by atoms with E-state index in [0.29, 0.717) is 6.42 Å². The van der Waals surface area contributed by atoms with Crippen LogP contribution in [-0.2, 0) is 11.2 Å². The molecule has 1 saturated heterocycles. The maximum atomic E-state index is 12.4. The van der Waals surface area contributed by atoms with Crippen LogP contribution in [-0.4, -0.2) is 41.2 Å². The van der Waals surface area contributed by atoms with E-state index < -0.39 is 5.60 Å². The van der Waals surface area contributed by atoms with Gasteiger partial charge in [0.2, 0.25) is 5.91 Å². The number of aliphatic hydroxyl groups is 1. The lowest BCUT2D eigenvalue weighted by atomic mass is 9.96. The van der Waals surface area contributed by atoms with Gasteiger partial charge in [0.25, 0.3) is 0 Å². The SMILES string of the molecule is COc1cccc(CC(=O)N2CCCC2C(C)(C)O)c1. The Morgan fingerprint density at radius 1 is 1.50 bits per heavy atom. The molecule has 1 aromatic rings. The summed E-state index contributed by atoms with van der Waals surface area (Å²) in [4.78, 5) is 14.3. The molecule has 1 atom stereocenters. The third kappa shape index (κ3) is 3.31. The molecule has 1 aromatic carbocycles. The van der Waals surface area contributed by atoms with Gasteiger partial charge in [-0.15, -0.1) is 0 Å². The molecule has 0 spiro atoms. The van der Waals surface area contributed by atoms with Gasteiger partial charge in [0.1, 0.15) is 5.75 Å². The fourth-order valence-corrected chi connectivity index (χ4v) is 2.86. The number of likely N-dealkylation sites (tertiary alicyclic amines) is 1. The number of nitrogens with zero attached hydrogens (tertiary/aromatic N) is 1. The number of hydrogen-bond acceptors (Lipinski definition) is 3. The van der Waals surface area contributed by atoms with Gasteiger partial charge in [-0.1, -0.05) is 12.1 Å². The highest BCUT2D eigenvalue weighted by Crippen LogP contribution is 2.27. The van der Waals surface area contributed by atoms with Crippen molar-refractivity contribution in [2.45, 2.75) is 44.8 Å². The minimum Gasteiger partial charge on any atom is -0.497 e. The summed E-state index contributed by atoms with van der Waals surface area (Å²) in [6.45, 7) is 4.28. The van der Waals surface area contributed by atoms with Crippen LogP contribution in [0.2, 0.25) is 0 Å². The van der Waals surface area contributed by atoms with Gasteiger partial charge in [0, 0.05) is 6.54 Å². The minimum absolute atomic E-state index is 0.0721. The van der Waals surface area contributed by atoms with E-state index in [-0.39, 0.29) is 11.9 Å².